The molecule has 6 aromatic rings. The number of hydrogen-bond acceptors (Lipinski definition) is 5. The van der Waals surface area contributed by atoms with E-state index in [1.54, 1.807) is 11.3 Å². The summed E-state index contributed by atoms with van der Waals surface area (Å²) in [5.74, 6) is 0.286. The van der Waals surface area contributed by atoms with Crippen LogP contribution >= 0.6 is 11.3 Å². The smallest absolute Gasteiger partial charge is 0.164 e. The quantitative estimate of drug-likeness (QED) is 0.100. The Hall–Kier alpha value is -3.05. The van der Waals surface area contributed by atoms with Crippen molar-refractivity contribution in [2.45, 2.75) is 67.2 Å². The standard InChI is InChI=1S/C21H10NOS.C15H28O2.Ir/c1-2-5-13-12(4-1)8-9-14-20-19-16(10-11-22-20)23-15-6-3-7-17(18(15)19)24-21(13)14;1-7-14(5,8-2)12(16)11-13(17)15(6,9-3)10-4;/h1-8,10-11H;11,16H,7-10H2,1-6H3;/q-1;;/b;12-11-;. The molecule has 0 aliphatic rings. The Morgan fingerprint density at radius 2 is 1.60 bits per heavy atom. The number of carbonyl (C=O) groups excluding carboxylic acids is 1. The largest absolute Gasteiger partial charge is 0.512 e. The number of furan rings is 1. The zero-order valence-electron chi connectivity index (χ0n) is 25.1. The number of hydrogen-bond donors (Lipinski definition) is 1. The van der Waals surface area contributed by atoms with Gasteiger partial charge in [-0.25, -0.2) is 0 Å². The van der Waals surface area contributed by atoms with Gasteiger partial charge in [-0.2, -0.15) is 11.3 Å². The molecule has 6 heteroatoms. The first-order chi connectivity index (χ1) is 19.7. The number of nitrogens with zero attached hydrogens (tertiary/aromatic N) is 1. The second-order valence-corrected chi connectivity index (χ2v) is 12.4. The van der Waals surface area contributed by atoms with Crippen molar-refractivity contribution in [3.05, 3.63) is 78.7 Å². The van der Waals surface area contributed by atoms with Crippen molar-refractivity contribution in [1.82, 2.24) is 4.98 Å². The molecule has 0 spiro atoms. The first-order valence-corrected chi connectivity index (χ1v) is 15.4. The van der Waals surface area contributed by atoms with Crippen molar-refractivity contribution < 1.29 is 34.4 Å². The maximum Gasteiger partial charge on any atom is 0.164 e. The third kappa shape index (κ3) is 5.53. The Morgan fingerprint density at radius 1 is 0.929 bits per heavy atom. The number of aromatic nitrogens is 1. The average molecular weight is 757 g/mol. The summed E-state index contributed by atoms with van der Waals surface area (Å²) in [7, 11) is 0. The van der Waals surface area contributed by atoms with Crippen LogP contribution in [0.3, 0.4) is 0 Å². The molecule has 0 bridgehead atoms. The number of ketones is 1. The molecule has 0 unspecified atom stereocenters. The van der Waals surface area contributed by atoms with Gasteiger partial charge in [0.25, 0.3) is 0 Å². The van der Waals surface area contributed by atoms with Crippen LogP contribution in [0.1, 0.15) is 67.2 Å². The number of allylic oxidation sites excluding steroid dienone is 2. The summed E-state index contributed by atoms with van der Waals surface area (Å²) in [4.78, 5) is 16.9. The molecule has 1 N–H and O–H groups in total. The fraction of sp³-hybridized carbons (Fsp3) is 0.333. The van der Waals surface area contributed by atoms with Crippen molar-refractivity contribution in [3.8, 4) is 0 Å². The van der Waals surface area contributed by atoms with E-state index in [0.717, 1.165) is 58.5 Å². The molecule has 0 aliphatic heterocycles. The number of pyridine rings is 1. The van der Waals surface area contributed by atoms with Crippen LogP contribution in [-0.4, -0.2) is 15.9 Å². The fourth-order valence-electron chi connectivity index (χ4n) is 5.26. The Balaban J connectivity index is 0.000000203. The summed E-state index contributed by atoms with van der Waals surface area (Å²) in [5.41, 5.74) is 2.16. The number of fused-ring (bicyclic) bond motifs is 4. The van der Waals surface area contributed by atoms with Gasteiger partial charge in [-0.05, 0) is 48.6 Å². The first kappa shape index (κ1) is 31.9. The Bertz CT molecular complexity index is 1910. The molecule has 0 aliphatic carbocycles. The van der Waals surface area contributed by atoms with E-state index in [2.05, 4.69) is 48.5 Å². The van der Waals surface area contributed by atoms with Gasteiger partial charge in [-0.1, -0.05) is 82.6 Å². The van der Waals surface area contributed by atoms with E-state index in [4.69, 9.17) is 9.40 Å². The molecule has 221 valence electrons. The second-order valence-electron chi connectivity index (χ2n) is 11.4. The summed E-state index contributed by atoms with van der Waals surface area (Å²) in [6.07, 6.45) is 6.58. The third-order valence-corrected chi connectivity index (χ3v) is 10.4. The molecule has 6 rings (SSSR count). The van der Waals surface area contributed by atoms with Gasteiger partial charge in [0, 0.05) is 64.2 Å². The van der Waals surface area contributed by atoms with Crippen LogP contribution in [0.2, 0.25) is 0 Å². The summed E-state index contributed by atoms with van der Waals surface area (Å²) < 4.78 is 8.48. The van der Waals surface area contributed by atoms with Gasteiger partial charge in [0.1, 0.15) is 16.9 Å². The summed E-state index contributed by atoms with van der Waals surface area (Å²) >= 11 is 1.79. The van der Waals surface area contributed by atoms with Crippen LogP contribution in [0.15, 0.2) is 77.0 Å². The number of rotatable bonds is 7. The second kappa shape index (κ2) is 12.7. The predicted octanol–water partition coefficient (Wildman–Crippen LogP) is 10.9. The molecule has 0 fully saturated rings. The minimum absolute atomic E-state index is 0. The summed E-state index contributed by atoms with van der Waals surface area (Å²) in [6.45, 7) is 12.1. The van der Waals surface area contributed by atoms with Gasteiger partial charge in [-0.15, -0.1) is 17.5 Å². The van der Waals surface area contributed by atoms with Crippen molar-refractivity contribution in [1.29, 1.82) is 0 Å². The van der Waals surface area contributed by atoms with E-state index in [1.165, 1.54) is 26.2 Å². The molecule has 0 amide bonds. The SMILES string of the molecule is CCC(C)(CC)C(=O)/C=C(\O)C(C)(CC)CC.[Ir].[c-]1cc2ccccc2c2sc3cccc4oc5ccnc(c12)c5c43. The van der Waals surface area contributed by atoms with Crippen LogP contribution < -0.4 is 0 Å². The third-order valence-electron chi connectivity index (χ3n) is 9.23. The van der Waals surface area contributed by atoms with Gasteiger partial charge in [0.05, 0.1) is 0 Å². The van der Waals surface area contributed by atoms with E-state index in [9.17, 15) is 9.90 Å². The zero-order valence-corrected chi connectivity index (χ0v) is 28.3. The summed E-state index contributed by atoms with van der Waals surface area (Å²) in [5, 5.41) is 15.9. The normalized spacial score (nSPS) is 12.6. The van der Waals surface area contributed by atoms with Crippen LogP contribution in [-0.2, 0) is 24.9 Å². The predicted molar refractivity (Wildman–Crippen MR) is 174 cm³/mol. The molecule has 4 nitrogen and oxygen atoms in total. The van der Waals surface area contributed by atoms with Crippen LogP contribution in [0, 0.1) is 16.9 Å². The molecule has 3 heterocycles. The Morgan fingerprint density at radius 3 is 2.29 bits per heavy atom. The van der Waals surface area contributed by atoms with Crippen LogP contribution in [0.25, 0.3) is 53.0 Å². The summed E-state index contributed by atoms with van der Waals surface area (Å²) in [6, 6.07) is 22.2. The Kier molecular flexibility index (Phi) is 9.62. The molecule has 1 radical (unpaired) electrons. The van der Waals surface area contributed by atoms with E-state index < -0.39 is 0 Å². The maximum absolute atomic E-state index is 12.2. The van der Waals surface area contributed by atoms with Gasteiger partial charge in [-0.3, -0.25) is 4.79 Å². The van der Waals surface area contributed by atoms with Crippen LogP contribution in [0.5, 0.6) is 0 Å². The maximum atomic E-state index is 12.2. The zero-order chi connectivity index (χ0) is 29.4. The number of benzene rings is 3. The molecule has 42 heavy (non-hydrogen) atoms. The van der Waals surface area contributed by atoms with E-state index in [-0.39, 0.29) is 42.5 Å². The molecule has 0 atom stereocenters. The van der Waals surface area contributed by atoms with Gasteiger partial charge < -0.3 is 14.5 Å². The molecular formula is C36H38IrNO3S-. The van der Waals surface area contributed by atoms with Gasteiger partial charge >= 0.3 is 0 Å². The number of aliphatic hydroxyl groups is 1. The van der Waals surface area contributed by atoms with E-state index >= 15 is 0 Å². The first-order valence-electron chi connectivity index (χ1n) is 14.6. The van der Waals surface area contributed by atoms with Crippen molar-refractivity contribution in [2.24, 2.45) is 10.8 Å². The van der Waals surface area contributed by atoms with E-state index in [0.29, 0.717) is 0 Å². The van der Waals surface area contributed by atoms with Crippen molar-refractivity contribution in [3.63, 3.8) is 0 Å². The fourth-order valence-corrected chi connectivity index (χ4v) is 6.49. The molecule has 0 saturated heterocycles. The van der Waals surface area contributed by atoms with Gasteiger partial charge in [0.15, 0.2) is 5.78 Å². The average Bonchev–Trinajstić information content (AvgIpc) is 3.32. The number of aliphatic hydroxyl groups excluding tert-OH is 1. The molecule has 3 aromatic carbocycles. The topological polar surface area (TPSA) is 63.3 Å². The van der Waals surface area contributed by atoms with Crippen molar-refractivity contribution in [2.75, 3.05) is 0 Å². The number of carbonyl (C=O) groups is 1. The van der Waals surface area contributed by atoms with Crippen LogP contribution in [0.4, 0.5) is 0 Å². The van der Waals surface area contributed by atoms with E-state index in [1.807, 2.05) is 59.9 Å². The molecular weight excluding hydrogens is 719 g/mol. The van der Waals surface area contributed by atoms with Crippen molar-refractivity contribution >= 4 is 70.1 Å². The minimum atomic E-state index is -0.337. The minimum Gasteiger partial charge on any atom is -0.512 e. The Labute approximate surface area is 265 Å². The monoisotopic (exact) mass is 757 g/mol. The van der Waals surface area contributed by atoms with Gasteiger partial charge in [0.2, 0.25) is 0 Å². The molecule has 3 aromatic heterocycles. The molecule has 0 saturated carbocycles.